The van der Waals surface area contributed by atoms with E-state index in [1.807, 2.05) is 0 Å². The molecule has 0 bridgehead atoms. The van der Waals surface area contributed by atoms with Crippen LogP contribution in [-0.2, 0) is 0 Å². The van der Waals surface area contributed by atoms with Crippen molar-refractivity contribution in [3.05, 3.63) is 29.3 Å². The number of benzene rings is 1. The number of nitrogen functional groups attached to an aromatic ring is 1. The first kappa shape index (κ1) is 13.8. The molecule has 0 amide bonds. The monoisotopic (exact) mass is 267 g/mol. The van der Waals surface area contributed by atoms with Gasteiger partial charge in [0.2, 0.25) is 0 Å². The van der Waals surface area contributed by atoms with Crippen molar-refractivity contribution in [3.63, 3.8) is 0 Å². The maximum atomic E-state index is 14.1. The topological polar surface area (TPSA) is 53.1 Å². The van der Waals surface area contributed by atoms with E-state index in [1.165, 1.54) is 0 Å². The molecule has 0 atom stereocenters. The van der Waals surface area contributed by atoms with E-state index in [4.69, 9.17) is 11.1 Å². The molecule has 1 heterocycles. The first-order valence-corrected chi connectivity index (χ1v) is 6.38. The van der Waals surface area contributed by atoms with Crippen molar-refractivity contribution in [2.45, 2.75) is 26.7 Å². The zero-order valence-corrected chi connectivity index (χ0v) is 11.3. The average molecular weight is 267 g/mol. The van der Waals surface area contributed by atoms with Crippen molar-refractivity contribution >= 4 is 11.5 Å². The molecule has 3 nitrogen and oxygen atoms in total. The van der Waals surface area contributed by atoms with Gasteiger partial charge in [0.05, 0.1) is 0 Å². The smallest absolute Gasteiger partial charge is 0.150 e. The van der Waals surface area contributed by atoms with Crippen LogP contribution in [-0.4, -0.2) is 18.9 Å². The van der Waals surface area contributed by atoms with E-state index in [-0.39, 0.29) is 22.5 Å². The van der Waals surface area contributed by atoms with E-state index in [0.717, 1.165) is 25.0 Å². The van der Waals surface area contributed by atoms with E-state index in [2.05, 4.69) is 13.8 Å². The first-order chi connectivity index (χ1) is 8.80. The van der Waals surface area contributed by atoms with Crippen molar-refractivity contribution in [1.29, 1.82) is 5.41 Å². The quantitative estimate of drug-likeness (QED) is 0.639. The highest BCUT2D eigenvalue weighted by atomic mass is 19.1. The minimum atomic E-state index is -0.650. The van der Waals surface area contributed by atoms with Crippen LogP contribution >= 0.6 is 0 Å². The number of piperidine rings is 1. The Kier molecular flexibility index (Phi) is 3.47. The van der Waals surface area contributed by atoms with Crippen LogP contribution in [0.2, 0.25) is 0 Å². The molecular formula is C14H19F2N3. The highest BCUT2D eigenvalue weighted by molar-refractivity contribution is 5.95. The van der Waals surface area contributed by atoms with Gasteiger partial charge in [-0.3, -0.25) is 5.41 Å². The van der Waals surface area contributed by atoms with Crippen LogP contribution in [0.4, 0.5) is 14.5 Å². The predicted octanol–water partition coefficient (Wildman–Crippen LogP) is 2.88. The summed E-state index contributed by atoms with van der Waals surface area (Å²) < 4.78 is 28.1. The van der Waals surface area contributed by atoms with Gasteiger partial charge in [0.25, 0.3) is 0 Å². The molecule has 0 saturated carbocycles. The lowest BCUT2D eigenvalue weighted by atomic mass is 9.84. The largest absolute Gasteiger partial charge is 0.384 e. The molecule has 0 unspecified atom stereocenters. The lowest BCUT2D eigenvalue weighted by molar-refractivity contribution is 0.290. The number of nitrogens with one attached hydrogen (secondary N) is 1. The Balaban J connectivity index is 2.37. The summed E-state index contributed by atoms with van der Waals surface area (Å²) in [6.45, 7) is 5.47. The van der Waals surface area contributed by atoms with Crippen LogP contribution in [0.5, 0.6) is 0 Å². The second-order valence-corrected chi connectivity index (χ2v) is 5.89. The lowest BCUT2D eigenvalue weighted by Crippen LogP contribution is -2.41. The second kappa shape index (κ2) is 4.79. The molecule has 1 aromatic rings. The van der Waals surface area contributed by atoms with Crippen molar-refractivity contribution in [1.82, 2.24) is 0 Å². The van der Waals surface area contributed by atoms with Gasteiger partial charge in [0.1, 0.15) is 23.2 Å². The van der Waals surface area contributed by atoms with Crippen molar-refractivity contribution in [2.24, 2.45) is 11.1 Å². The Morgan fingerprint density at radius 1 is 1.32 bits per heavy atom. The third-order valence-corrected chi connectivity index (χ3v) is 3.54. The number of rotatable bonds is 2. The fraction of sp³-hybridized carbons (Fsp3) is 0.500. The van der Waals surface area contributed by atoms with Crippen LogP contribution in [0, 0.1) is 22.5 Å². The minimum absolute atomic E-state index is 0.00206. The van der Waals surface area contributed by atoms with Crippen LogP contribution in [0.25, 0.3) is 0 Å². The summed E-state index contributed by atoms with van der Waals surface area (Å²) in [5.74, 6) is -1.63. The van der Waals surface area contributed by atoms with Gasteiger partial charge in [-0.05, 0) is 30.4 Å². The molecule has 3 N–H and O–H groups in total. The molecule has 104 valence electrons. The molecule has 1 aromatic carbocycles. The average Bonchev–Trinajstić information content (AvgIpc) is 2.26. The molecule has 19 heavy (non-hydrogen) atoms. The number of halogens is 2. The molecule has 1 saturated heterocycles. The fourth-order valence-corrected chi connectivity index (χ4v) is 2.64. The van der Waals surface area contributed by atoms with E-state index in [0.29, 0.717) is 13.1 Å². The molecule has 0 aliphatic carbocycles. The second-order valence-electron chi connectivity index (χ2n) is 5.89. The summed E-state index contributed by atoms with van der Waals surface area (Å²) in [5.41, 5.74) is 5.39. The van der Waals surface area contributed by atoms with Crippen molar-refractivity contribution < 1.29 is 8.78 Å². The Morgan fingerprint density at radius 2 is 1.89 bits per heavy atom. The number of nitrogens with zero attached hydrogens (tertiary/aromatic N) is 1. The lowest BCUT2D eigenvalue weighted by Gasteiger charge is -2.39. The van der Waals surface area contributed by atoms with Gasteiger partial charge in [-0.1, -0.05) is 13.8 Å². The fourth-order valence-electron chi connectivity index (χ4n) is 2.64. The summed E-state index contributed by atoms with van der Waals surface area (Å²) in [7, 11) is 0. The van der Waals surface area contributed by atoms with Gasteiger partial charge in [0, 0.05) is 18.7 Å². The Hall–Kier alpha value is -1.65. The van der Waals surface area contributed by atoms with E-state index in [9.17, 15) is 8.78 Å². The summed E-state index contributed by atoms with van der Waals surface area (Å²) >= 11 is 0. The van der Waals surface area contributed by atoms with E-state index >= 15 is 0 Å². The molecule has 0 radical (unpaired) electrons. The standard InChI is InChI=1S/C14H19F2N3/c1-14(2)4-3-5-19(8-14)12-10(15)6-9(13(17)18)7-11(12)16/h6-7H,3-5,8H2,1-2H3,(H3,17,18). The number of hydrogen-bond acceptors (Lipinski definition) is 2. The van der Waals surface area contributed by atoms with Crippen LogP contribution < -0.4 is 10.6 Å². The van der Waals surface area contributed by atoms with Crippen molar-refractivity contribution in [3.8, 4) is 0 Å². The maximum absolute atomic E-state index is 14.1. The molecule has 2 rings (SSSR count). The first-order valence-electron chi connectivity index (χ1n) is 6.38. The highest BCUT2D eigenvalue weighted by Gasteiger charge is 2.29. The van der Waals surface area contributed by atoms with Gasteiger partial charge < -0.3 is 10.6 Å². The summed E-state index contributed by atoms with van der Waals surface area (Å²) in [4.78, 5) is 1.75. The number of hydrogen-bond donors (Lipinski definition) is 2. The summed E-state index contributed by atoms with van der Waals surface area (Å²) in [6.07, 6.45) is 1.97. The zero-order chi connectivity index (χ0) is 14.2. The number of anilines is 1. The SMILES string of the molecule is CC1(C)CCCN(c2c(F)cc(C(=N)N)cc2F)C1. The summed E-state index contributed by atoms with van der Waals surface area (Å²) in [6, 6.07) is 2.25. The Labute approximate surface area is 111 Å². The third-order valence-electron chi connectivity index (χ3n) is 3.54. The highest BCUT2D eigenvalue weighted by Crippen LogP contribution is 2.34. The van der Waals surface area contributed by atoms with Gasteiger partial charge in [-0.25, -0.2) is 8.78 Å². The zero-order valence-electron chi connectivity index (χ0n) is 11.3. The molecule has 0 spiro atoms. The van der Waals surface area contributed by atoms with E-state index < -0.39 is 11.6 Å². The molecule has 0 aromatic heterocycles. The van der Waals surface area contributed by atoms with Gasteiger partial charge in [0.15, 0.2) is 0 Å². The number of nitrogens with two attached hydrogens (primary N) is 1. The third kappa shape index (κ3) is 2.85. The molecule has 1 fully saturated rings. The van der Waals surface area contributed by atoms with Crippen LogP contribution in [0.3, 0.4) is 0 Å². The summed E-state index contributed by atoms with van der Waals surface area (Å²) in [5, 5.41) is 7.24. The van der Waals surface area contributed by atoms with Crippen molar-refractivity contribution in [2.75, 3.05) is 18.0 Å². The maximum Gasteiger partial charge on any atom is 0.150 e. The van der Waals surface area contributed by atoms with Crippen LogP contribution in [0.1, 0.15) is 32.3 Å². The predicted molar refractivity (Wildman–Crippen MR) is 72.6 cm³/mol. The van der Waals surface area contributed by atoms with Gasteiger partial charge in [-0.15, -0.1) is 0 Å². The van der Waals surface area contributed by atoms with Crippen LogP contribution in [0.15, 0.2) is 12.1 Å². The normalized spacial score (nSPS) is 18.4. The van der Waals surface area contributed by atoms with Gasteiger partial charge in [-0.2, -0.15) is 0 Å². The van der Waals surface area contributed by atoms with Gasteiger partial charge >= 0.3 is 0 Å². The van der Waals surface area contributed by atoms with E-state index in [1.54, 1.807) is 4.90 Å². The molecule has 1 aliphatic heterocycles. The molecular weight excluding hydrogens is 248 g/mol. The minimum Gasteiger partial charge on any atom is -0.384 e. The Bertz CT molecular complexity index is 488. The molecule has 5 heteroatoms. The number of amidine groups is 1. The Morgan fingerprint density at radius 3 is 2.37 bits per heavy atom. The molecule has 1 aliphatic rings.